The molecule has 5 rings (SSSR count). The molecule has 2 aromatic rings. The summed E-state index contributed by atoms with van der Waals surface area (Å²) in [6, 6.07) is 8.90. The van der Waals surface area contributed by atoms with Crippen molar-refractivity contribution in [3.63, 3.8) is 0 Å². The van der Waals surface area contributed by atoms with Crippen molar-refractivity contribution in [1.29, 1.82) is 0 Å². The number of aliphatic carboxylic acids is 1. The van der Waals surface area contributed by atoms with Crippen LogP contribution in [-0.2, 0) is 64.9 Å². The van der Waals surface area contributed by atoms with Crippen molar-refractivity contribution < 1.29 is 72.3 Å². The second kappa shape index (κ2) is 24.6. The van der Waals surface area contributed by atoms with Crippen molar-refractivity contribution >= 4 is 65.0 Å². The highest BCUT2D eigenvalue weighted by Crippen LogP contribution is 2.51. The van der Waals surface area contributed by atoms with E-state index in [9.17, 15) is 48.8 Å². The van der Waals surface area contributed by atoms with Crippen molar-refractivity contribution in [2.24, 2.45) is 0 Å². The van der Waals surface area contributed by atoms with Gasteiger partial charge in [-0.1, -0.05) is 23.8 Å². The van der Waals surface area contributed by atoms with Crippen molar-refractivity contribution in [2.75, 3.05) is 77.1 Å². The Labute approximate surface area is 411 Å². The van der Waals surface area contributed by atoms with Gasteiger partial charge in [-0.2, -0.15) is 29.8 Å². The van der Waals surface area contributed by atoms with Gasteiger partial charge in [-0.15, -0.1) is 0 Å². The summed E-state index contributed by atoms with van der Waals surface area (Å²) in [6.45, 7) is 9.44. The Morgan fingerprint density at radius 2 is 1.39 bits per heavy atom. The molecule has 0 spiro atoms. The average molecular weight is 1040 g/mol. The first-order chi connectivity index (χ1) is 32.5. The minimum absolute atomic E-state index is 0.0369. The molecule has 2 atom stereocenters. The van der Waals surface area contributed by atoms with E-state index in [2.05, 4.69) is 4.58 Å². The van der Waals surface area contributed by atoms with Gasteiger partial charge < -0.3 is 29.0 Å². The molecule has 2 heterocycles. The van der Waals surface area contributed by atoms with Crippen molar-refractivity contribution in [1.82, 2.24) is 0 Å². The summed E-state index contributed by atoms with van der Waals surface area (Å²) in [4.78, 5) is 12.7. The SMILES string of the molecule is CCN1/C(=C/C=C2\CCCC(/C=C/C3=[N+](CCCCCC(=O)O)c4ccc(S(=O)(=O)O)cc4C3(C)CCOCCOCCOCCOC)=C2Cl)C(C)(CCCS(=O)(=O)O)c2cc(S(=O)(=O)O)ccc21. The number of nitrogens with zero attached hydrogens (tertiary/aromatic N) is 2. The lowest BCUT2D eigenvalue weighted by Gasteiger charge is -2.30. The summed E-state index contributed by atoms with van der Waals surface area (Å²) in [5.41, 5.74) is 4.20. The van der Waals surface area contributed by atoms with Gasteiger partial charge >= 0.3 is 5.97 Å². The maximum atomic E-state index is 12.5. The summed E-state index contributed by atoms with van der Waals surface area (Å²) in [7, 11) is -11.8. The number of fused-ring (bicyclic) bond motifs is 2. The molecule has 17 nitrogen and oxygen atoms in total. The number of hydrogen-bond donors (Lipinski definition) is 4. The number of carboxylic acid groups (broad SMARTS) is 1. The first kappa shape index (κ1) is 56.1. The normalized spacial score (nSPS) is 21.1. The summed E-state index contributed by atoms with van der Waals surface area (Å²) in [6.07, 6.45) is 12.3. The van der Waals surface area contributed by atoms with E-state index in [1.807, 2.05) is 50.0 Å². The molecule has 382 valence electrons. The molecule has 21 heteroatoms. The molecule has 2 unspecified atom stereocenters. The third-order valence-electron chi connectivity index (χ3n) is 12.9. The lowest BCUT2D eigenvalue weighted by Crippen LogP contribution is -2.33. The number of halogens is 1. The topological polar surface area (TPSA) is 244 Å². The highest BCUT2D eigenvalue weighted by Gasteiger charge is 2.48. The molecule has 0 radical (unpaired) electrons. The molecule has 0 saturated carbocycles. The second-order valence-electron chi connectivity index (χ2n) is 17.7. The van der Waals surface area contributed by atoms with Gasteiger partial charge in [0.05, 0.1) is 60.6 Å². The number of methoxy groups -OCH3 is 1. The zero-order chi connectivity index (χ0) is 50.6. The molecule has 2 aliphatic heterocycles. The average Bonchev–Trinajstić information content (AvgIpc) is 3.65. The summed E-state index contributed by atoms with van der Waals surface area (Å²) >= 11 is 7.27. The maximum Gasteiger partial charge on any atom is 0.303 e. The van der Waals surface area contributed by atoms with Crippen molar-refractivity contribution in [3.05, 3.63) is 93.7 Å². The molecule has 1 aliphatic carbocycles. The predicted molar refractivity (Wildman–Crippen MR) is 263 cm³/mol. The molecule has 0 saturated heterocycles. The monoisotopic (exact) mass is 1040 g/mol. The van der Waals surface area contributed by atoms with E-state index in [0.29, 0.717) is 113 Å². The molecule has 0 aromatic heterocycles. The number of carbonyl (C=O) groups is 1. The molecule has 0 bridgehead atoms. The van der Waals surface area contributed by atoms with Crippen LogP contribution in [0.25, 0.3) is 0 Å². The van der Waals surface area contributed by atoms with Gasteiger partial charge in [0.1, 0.15) is 6.54 Å². The first-order valence-corrected chi connectivity index (χ1v) is 28.0. The van der Waals surface area contributed by atoms with Gasteiger partial charge in [0.2, 0.25) is 5.69 Å². The Balaban J connectivity index is 1.51. The summed E-state index contributed by atoms with van der Waals surface area (Å²) < 4.78 is 127. The maximum absolute atomic E-state index is 12.5. The standard InChI is InChI=1S/C48H65ClN2O15S3/c1-5-50-41-18-16-37(68(57,58)59)33-39(41)47(2,22-10-32-67(54,55)56)43(50)20-14-35-11-9-12-36(46(35)49)15-21-44-48(3,23-25-64-28-29-66-31-30-65-27-26-63-4)40-34-38(69(60,61)62)17-19-42(40)51(44)24-8-6-7-13-45(52)53/h14-21,33-34H,5-13,22-32H2,1-4H3,(H3-,52,53,54,55,56,57,58,59,60,61,62)/p+1. The number of rotatable bonds is 28. The molecular weight excluding hydrogens is 976 g/mol. The van der Waals surface area contributed by atoms with Gasteiger partial charge in [-0.3, -0.25) is 18.5 Å². The smallest absolute Gasteiger partial charge is 0.303 e. The van der Waals surface area contributed by atoms with Crippen LogP contribution < -0.4 is 4.90 Å². The Hall–Kier alpha value is -3.80. The quantitative estimate of drug-likeness (QED) is 0.0361. The Bertz CT molecular complexity index is 2680. The third-order valence-corrected chi connectivity index (χ3v) is 15.9. The molecule has 4 N–H and O–H groups in total. The largest absolute Gasteiger partial charge is 0.481 e. The first-order valence-electron chi connectivity index (χ1n) is 23.1. The van der Waals surface area contributed by atoms with Crippen molar-refractivity contribution in [2.45, 2.75) is 106 Å². The lowest BCUT2D eigenvalue weighted by atomic mass is 9.76. The number of allylic oxidation sites excluding steroid dienone is 8. The van der Waals surface area contributed by atoms with Crippen LogP contribution in [0.5, 0.6) is 0 Å². The van der Waals surface area contributed by atoms with Crippen LogP contribution in [0.4, 0.5) is 11.4 Å². The fourth-order valence-electron chi connectivity index (χ4n) is 9.35. The highest BCUT2D eigenvalue weighted by molar-refractivity contribution is 7.86. The fraction of sp³-hybridized carbons (Fsp3) is 0.542. The van der Waals surface area contributed by atoms with E-state index in [0.717, 1.165) is 34.7 Å². The van der Waals surface area contributed by atoms with E-state index in [4.69, 9.17) is 30.5 Å². The molecule has 2 aromatic carbocycles. The van der Waals surface area contributed by atoms with Crippen LogP contribution in [-0.4, -0.2) is 132 Å². The van der Waals surface area contributed by atoms with Crippen LogP contribution >= 0.6 is 11.6 Å². The van der Waals surface area contributed by atoms with Gasteiger partial charge in [0.15, 0.2) is 5.71 Å². The van der Waals surface area contributed by atoms with Gasteiger partial charge in [-0.05, 0) is 125 Å². The minimum Gasteiger partial charge on any atom is -0.481 e. The number of ether oxygens (including phenoxy) is 4. The number of likely N-dealkylation sites (N-methyl/N-ethyl adjacent to an activating group) is 1. The van der Waals surface area contributed by atoms with E-state index < -0.39 is 52.9 Å². The number of hydrogen-bond acceptors (Lipinski definition) is 12. The predicted octanol–water partition coefficient (Wildman–Crippen LogP) is 7.78. The Morgan fingerprint density at radius 1 is 0.768 bits per heavy atom. The van der Waals surface area contributed by atoms with E-state index >= 15 is 0 Å². The van der Waals surface area contributed by atoms with Gasteiger partial charge in [0.25, 0.3) is 30.4 Å². The summed E-state index contributed by atoms with van der Waals surface area (Å²) in [5.74, 6) is -1.37. The fourth-order valence-corrected chi connectivity index (χ4v) is 11.2. The number of benzene rings is 2. The van der Waals surface area contributed by atoms with Crippen LogP contribution in [0.1, 0.15) is 96.1 Å². The van der Waals surface area contributed by atoms with Crippen molar-refractivity contribution in [3.8, 4) is 0 Å². The zero-order valence-electron chi connectivity index (χ0n) is 39.7. The van der Waals surface area contributed by atoms with Crippen LogP contribution in [0.2, 0.25) is 0 Å². The Kier molecular flexibility index (Phi) is 20.0. The summed E-state index contributed by atoms with van der Waals surface area (Å²) in [5, 5.41) is 9.78. The molecule has 3 aliphatic rings. The zero-order valence-corrected chi connectivity index (χ0v) is 42.9. The number of unbranched alkanes of at least 4 members (excludes halogenated alkanes) is 2. The third kappa shape index (κ3) is 14.7. The van der Waals surface area contributed by atoms with E-state index in [1.165, 1.54) is 24.3 Å². The molecular formula is C48H66ClN2O15S3+. The highest BCUT2D eigenvalue weighted by atomic mass is 35.5. The number of anilines is 1. The van der Waals surface area contributed by atoms with Gasteiger partial charge in [-0.25, -0.2) is 0 Å². The van der Waals surface area contributed by atoms with Gasteiger partial charge in [0, 0.05) is 72.6 Å². The number of carboxylic acids is 1. The van der Waals surface area contributed by atoms with Crippen LogP contribution in [0, 0.1) is 0 Å². The molecule has 0 amide bonds. The molecule has 69 heavy (non-hydrogen) atoms. The minimum atomic E-state index is -4.56. The van der Waals surface area contributed by atoms with E-state index in [-0.39, 0.29) is 35.7 Å². The van der Waals surface area contributed by atoms with E-state index in [1.54, 1.807) is 19.2 Å². The Morgan fingerprint density at radius 3 is 2.00 bits per heavy atom. The van der Waals surface area contributed by atoms with Crippen LogP contribution in [0.3, 0.4) is 0 Å². The second-order valence-corrected chi connectivity index (χ2v) is 22.5. The lowest BCUT2D eigenvalue weighted by molar-refractivity contribution is -0.438. The van der Waals surface area contributed by atoms with Crippen LogP contribution in [0.15, 0.2) is 92.4 Å². The molecule has 0 fully saturated rings.